The molecular formula is C24H30O6. The minimum atomic E-state index is -0.824. The Bertz CT molecular complexity index is 922. The number of aryl methyl sites for hydroxylation is 1. The Hall–Kier alpha value is -2.34. The monoisotopic (exact) mass is 414 g/mol. The number of benzene rings is 1. The molecule has 2 saturated carbocycles. The molecule has 4 rings (SSSR count). The number of aliphatic hydroxyl groups excluding tert-OH is 1. The fourth-order valence-electron chi connectivity index (χ4n) is 6.27. The van der Waals surface area contributed by atoms with Gasteiger partial charge in [-0.1, -0.05) is 20.8 Å². The third-order valence-corrected chi connectivity index (χ3v) is 7.58. The number of esters is 1. The van der Waals surface area contributed by atoms with Crippen LogP contribution in [0.15, 0.2) is 23.3 Å². The van der Waals surface area contributed by atoms with Gasteiger partial charge in [-0.3, -0.25) is 4.79 Å². The van der Waals surface area contributed by atoms with Gasteiger partial charge in [0, 0.05) is 11.6 Å². The zero-order chi connectivity index (χ0) is 22.0. The maximum absolute atomic E-state index is 12.9. The molecule has 3 aliphatic carbocycles. The molecule has 0 bridgehead atoms. The van der Waals surface area contributed by atoms with Crippen LogP contribution in [0.3, 0.4) is 0 Å². The largest absolute Gasteiger partial charge is 0.507 e. The minimum absolute atomic E-state index is 0.0541. The molecule has 0 spiro atoms. The Morgan fingerprint density at radius 3 is 2.50 bits per heavy atom. The molecule has 5 atom stereocenters. The predicted octanol–water partition coefficient (Wildman–Crippen LogP) is 3.57. The van der Waals surface area contributed by atoms with Gasteiger partial charge in [0.25, 0.3) is 0 Å². The number of phenols is 1. The van der Waals surface area contributed by atoms with Crippen LogP contribution >= 0.6 is 0 Å². The van der Waals surface area contributed by atoms with Crippen molar-refractivity contribution in [3.05, 3.63) is 34.4 Å². The van der Waals surface area contributed by atoms with E-state index in [4.69, 9.17) is 9.47 Å². The fraction of sp³-hybridized carbons (Fsp3) is 0.583. The van der Waals surface area contributed by atoms with Crippen molar-refractivity contribution in [2.45, 2.75) is 59.2 Å². The number of carbonyl (C=O) groups excluding carboxylic acids is 2. The highest BCUT2D eigenvalue weighted by molar-refractivity contribution is 5.95. The third kappa shape index (κ3) is 2.96. The normalized spacial score (nSPS) is 33.9. The van der Waals surface area contributed by atoms with E-state index in [1.165, 1.54) is 13.2 Å². The number of methoxy groups -OCH3 is 1. The highest BCUT2D eigenvalue weighted by Gasteiger charge is 2.63. The van der Waals surface area contributed by atoms with Crippen molar-refractivity contribution in [1.82, 2.24) is 0 Å². The van der Waals surface area contributed by atoms with Gasteiger partial charge >= 0.3 is 5.97 Å². The number of ether oxygens (including phenoxy) is 2. The zero-order valence-corrected chi connectivity index (χ0v) is 18.2. The third-order valence-electron chi connectivity index (χ3n) is 7.58. The van der Waals surface area contributed by atoms with Gasteiger partial charge in [-0.15, -0.1) is 0 Å². The molecule has 1 aromatic rings. The number of hydrogen-bond donors (Lipinski definition) is 2. The number of aldehydes is 1. The summed E-state index contributed by atoms with van der Waals surface area (Å²) >= 11 is 0. The molecule has 0 aromatic heterocycles. The lowest BCUT2D eigenvalue weighted by atomic mass is 9.49. The van der Waals surface area contributed by atoms with Crippen LogP contribution in [0.2, 0.25) is 0 Å². The van der Waals surface area contributed by atoms with E-state index < -0.39 is 18.2 Å². The number of aromatic hydroxyl groups is 1. The van der Waals surface area contributed by atoms with Gasteiger partial charge in [-0.05, 0) is 66.1 Å². The summed E-state index contributed by atoms with van der Waals surface area (Å²) in [6.45, 7) is 8.23. The van der Waals surface area contributed by atoms with E-state index in [0.29, 0.717) is 23.3 Å². The summed E-state index contributed by atoms with van der Waals surface area (Å²) in [7, 11) is 1.49. The molecule has 3 aliphatic rings. The van der Waals surface area contributed by atoms with Crippen LogP contribution in [-0.2, 0) is 9.53 Å². The molecule has 0 aliphatic heterocycles. The van der Waals surface area contributed by atoms with Crippen molar-refractivity contribution in [2.75, 3.05) is 7.11 Å². The Morgan fingerprint density at radius 2 is 1.90 bits per heavy atom. The molecule has 6 heteroatoms. The highest BCUT2D eigenvalue weighted by atomic mass is 16.5. The van der Waals surface area contributed by atoms with Crippen LogP contribution in [0.1, 0.15) is 56.0 Å². The quantitative estimate of drug-likeness (QED) is 0.578. The molecule has 0 saturated heterocycles. The summed E-state index contributed by atoms with van der Waals surface area (Å²) in [4.78, 5) is 24.8. The van der Waals surface area contributed by atoms with Crippen LogP contribution in [-0.4, -0.2) is 41.8 Å². The molecule has 0 unspecified atom stereocenters. The predicted molar refractivity (Wildman–Crippen MR) is 110 cm³/mol. The van der Waals surface area contributed by atoms with E-state index in [0.717, 1.165) is 24.7 Å². The van der Waals surface area contributed by atoms with Gasteiger partial charge in [-0.2, -0.15) is 0 Å². The topological polar surface area (TPSA) is 93.1 Å². The lowest BCUT2D eigenvalue weighted by Crippen LogP contribution is -2.56. The molecular weight excluding hydrogens is 384 g/mol. The zero-order valence-electron chi connectivity index (χ0n) is 18.2. The smallest absolute Gasteiger partial charge is 0.342 e. The van der Waals surface area contributed by atoms with Crippen LogP contribution < -0.4 is 4.74 Å². The number of aliphatic hydroxyl groups is 1. The molecule has 0 radical (unpaired) electrons. The first kappa shape index (κ1) is 20.9. The highest BCUT2D eigenvalue weighted by Crippen LogP contribution is 2.66. The lowest BCUT2D eigenvalue weighted by molar-refractivity contribution is -0.109. The SMILES string of the molecule is COc1cc(C)c(C(=O)O[C@@H]2C[C@@]3(C)C2=C(C=O)[C@@H](O)[C@@H]2CC(C)(C)C[C@@H]23)c(O)c1. The molecule has 162 valence electrons. The Balaban J connectivity index is 1.64. The van der Waals surface area contributed by atoms with Crippen molar-refractivity contribution >= 4 is 12.3 Å². The second-order valence-electron chi connectivity index (χ2n) is 10.1. The molecule has 2 N–H and O–H groups in total. The molecule has 0 amide bonds. The standard InChI is InChI=1S/C24H30O6/c1-12-6-13(29-5)7-17(26)19(12)22(28)30-18-10-24(4)16-9-23(2,3)8-14(16)21(27)15(11-25)20(18)24/h6-7,11,14,16,18,21,26-27H,8-10H2,1-5H3/t14-,16+,18-,21+,24-/m1/s1. The van der Waals surface area contributed by atoms with Crippen LogP contribution in [0.4, 0.5) is 0 Å². The van der Waals surface area contributed by atoms with Gasteiger partial charge in [-0.25, -0.2) is 4.79 Å². The Morgan fingerprint density at radius 1 is 1.20 bits per heavy atom. The van der Waals surface area contributed by atoms with Crippen molar-refractivity contribution in [2.24, 2.45) is 22.7 Å². The van der Waals surface area contributed by atoms with E-state index in [1.807, 2.05) is 0 Å². The first-order chi connectivity index (χ1) is 14.0. The second kappa shape index (κ2) is 6.84. The van der Waals surface area contributed by atoms with E-state index in [-0.39, 0.29) is 34.0 Å². The second-order valence-corrected chi connectivity index (χ2v) is 10.1. The van der Waals surface area contributed by atoms with E-state index >= 15 is 0 Å². The van der Waals surface area contributed by atoms with Crippen molar-refractivity contribution in [1.29, 1.82) is 0 Å². The number of hydrogen-bond acceptors (Lipinski definition) is 6. The average Bonchev–Trinajstić information content (AvgIpc) is 2.99. The van der Waals surface area contributed by atoms with Crippen LogP contribution in [0, 0.1) is 29.6 Å². The van der Waals surface area contributed by atoms with Crippen molar-refractivity contribution in [3.63, 3.8) is 0 Å². The van der Waals surface area contributed by atoms with Gasteiger partial charge in [0.05, 0.1) is 13.2 Å². The van der Waals surface area contributed by atoms with E-state index in [2.05, 4.69) is 20.8 Å². The summed E-state index contributed by atoms with van der Waals surface area (Å²) in [6.07, 6.45) is 1.81. The van der Waals surface area contributed by atoms with E-state index in [1.54, 1.807) is 13.0 Å². The number of carbonyl (C=O) groups is 2. The van der Waals surface area contributed by atoms with Crippen molar-refractivity contribution < 1.29 is 29.3 Å². The van der Waals surface area contributed by atoms with Crippen LogP contribution in [0.25, 0.3) is 0 Å². The first-order valence-electron chi connectivity index (χ1n) is 10.5. The molecule has 0 heterocycles. The number of phenolic OH excluding ortho intramolecular Hbond substituents is 1. The molecule has 6 nitrogen and oxygen atoms in total. The van der Waals surface area contributed by atoms with Crippen LogP contribution in [0.5, 0.6) is 11.5 Å². The Kier molecular flexibility index (Phi) is 4.77. The first-order valence-corrected chi connectivity index (χ1v) is 10.5. The van der Waals surface area contributed by atoms with Gasteiger partial charge < -0.3 is 19.7 Å². The average molecular weight is 414 g/mol. The van der Waals surface area contributed by atoms with Gasteiger partial charge in [0.15, 0.2) is 0 Å². The summed E-state index contributed by atoms with van der Waals surface area (Å²) in [5.41, 5.74) is 1.62. The summed E-state index contributed by atoms with van der Waals surface area (Å²) in [5, 5.41) is 21.2. The number of rotatable bonds is 4. The maximum Gasteiger partial charge on any atom is 0.342 e. The lowest BCUT2D eigenvalue weighted by Gasteiger charge is -2.57. The molecule has 30 heavy (non-hydrogen) atoms. The molecule has 2 fully saturated rings. The summed E-state index contributed by atoms with van der Waals surface area (Å²) in [6, 6.07) is 3.03. The molecule has 1 aromatic carbocycles. The fourth-order valence-corrected chi connectivity index (χ4v) is 6.27. The maximum atomic E-state index is 12.9. The van der Waals surface area contributed by atoms with Gasteiger partial charge in [0.1, 0.15) is 29.5 Å². The summed E-state index contributed by atoms with van der Waals surface area (Å²) in [5.74, 6) is -0.0783. The van der Waals surface area contributed by atoms with Gasteiger partial charge in [0.2, 0.25) is 0 Å². The Labute approximate surface area is 176 Å². The minimum Gasteiger partial charge on any atom is -0.507 e. The van der Waals surface area contributed by atoms with E-state index in [9.17, 15) is 19.8 Å². The van der Waals surface area contributed by atoms with Crippen molar-refractivity contribution in [3.8, 4) is 11.5 Å². The number of fused-ring (bicyclic) bond motifs is 3. The summed E-state index contributed by atoms with van der Waals surface area (Å²) < 4.78 is 10.9.